The molecular formula is C18H26FN3O2. The molecule has 0 aliphatic carbocycles. The van der Waals surface area contributed by atoms with Crippen LogP contribution in [0.15, 0.2) is 24.3 Å². The van der Waals surface area contributed by atoms with E-state index in [1.165, 1.54) is 6.07 Å². The first-order valence-corrected chi connectivity index (χ1v) is 8.45. The van der Waals surface area contributed by atoms with Gasteiger partial charge in [-0.3, -0.25) is 14.5 Å². The van der Waals surface area contributed by atoms with Crippen LogP contribution in [0.1, 0.15) is 27.2 Å². The highest BCUT2D eigenvalue weighted by molar-refractivity contribution is 5.94. The zero-order chi connectivity index (χ0) is 17.7. The van der Waals surface area contributed by atoms with E-state index in [9.17, 15) is 14.0 Å². The minimum absolute atomic E-state index is 0.174. The summed E-state index contributed by atoms with van der Waals surface area (Å²) >= 11 is 0. The molecule has 1 N–H and O–H groups in total. The zero-order valence-corrected chi connectivity index (χ0v) is 14.6. The van der Waals surface area contributed by atoms with Crippen LogP contribution in [0.5, 0.6) is 0 Å². The number of hydrogen-bond donors (Lipinski definition) is 1. The Balaban J connectivity index is 1.86. The van der Waals surface area contributed by atoms with E-state index in [1.54, 1.807) is 18.2 Å². The summed E-state index contributed by atoms with van der Waals surface area (Å²) in [5.74, 6) is -0.154. The lowest BCUT2D eigenvalue weighted by atomic mass is 10.1. The lowest BCUT2D eigenvalue weighted by molar-refractivity contribution is -0.134. The van der Waals surface area contributed by atoms with Crippen molar-refractivity contribution in [3.8, 4) is 0 Å². The van der Waals surface area contributed by atoms with Crippen molar-refractivity contribution in [1.82, 2.24) is 9.80 Å². The normalized spacial score (nSPS) is 17.0. The van der Waals surface area contributed by atoms with Gasteiger partial charge in [0, 0.05) is 32.6 Å². The summed E-state index contributed by atoms with van der Waals surface area (Å²) in [6, 6.07) is 5.76. The molecule has 1 heterocycles. The number of amides is 2. The van der Waals surface area contributed by atoms with Crippen molar-refractivity contribution in [2.24, 2.45) is 5.92 Å². The molecule has 1 fully saturated rings. The maximum absolute atomic E-state index is 13.6. The van der Waals surface area contributed by atoms with Gasteiger partial charge in [-0.25, -0.2) is 4.39 Å². The first-order valence-electron chi connectivity index (χ1n) is 8.45. The molecule has 2 rings (SSSR count). The molecule has 132 valence electrons. The van der Waals surface area contributed by atoms with E-state index in [0.29, 0.717) is 38.5 Å². The molecule has 1 aliphatic rings. The van der Waals surface area contributed by atoms with E-state index in [1.807, 2.05) is 30.6 Å². The first kappa shape index (κ1) is 18.4. The summed E-state index contributed by atoms with van der Waals surface area (Å²) in [7, 11) is 0. The number of nitrogens with one attached hydrogen (secondary N) is 1. The molecular weight excluding hydrogens is 309 g/mol. The van der Waals surface area contributed by atoms with Gasteiger partial charge in [0.05, 0.1) is 11.7 Å². The summed E-state index contributed by atoms with van der Waals surface area (Å²) in [4.78, 5) is 28.3. The molecule has 24 heavy (non-hydrogen) atoms. The van der Waals surface area contributed by atoms with E-state index in [-0.39, 0.29) is 23.5 Å². The first-order chi connectivity index (χ1) is 11.4. The van der Waals surface area contributed by atoms with Gasteiger partial charge in [0.15, 0.2) is 0 Å². The molecule has 6 heteroatoms. The van der Waals surface area contributed by atoms with Crippen molar-refractivity contribution < 1.29 is 14.0 Å². The number of anilines is 1. The second kappa shape index (κ2) is 8.24. The van der Waals surface area contributed by atoms with Crippen LogP contribution in [-0.2, 0) is 9.59 Å². The number of piperazine rings is 1. The molecule has 5 nitrogen and oxygen atoms in total. The van der Waals surface area contributed by atoms with Gasteiger partial charge in [0.1, 0.15) is 5.82 Å². The number of benzene rings is 1. The van der Waals surface area contributed by atoms with Crippen molar-refractivity contribution in [3.63, 3.8) is 0 Å². The highest BCUT2D eigenvalue weighted by atomic mass is 19.1. The van der Waals surface area contributed by atoms with Crippen LogP contribution in [0.3, 0.4) is 0 Å². The fourth-order valence-corrected chi connectivity index (χ4v) is 2.80. The van der Waals surface area contributed by atoms with Crippen molar-refractivity contribution in [2.45, 2.75) is 33.2 Å². The van der Waals surface area contributed by atoms with Gasteiger partial charge in [0.25, 0.3) is 0 Å². The van der Waals surface area contributed by atoms with Gasteiger partial charge < -0.3 is 10.2 Å². The number of hydrogen-bond acceptors (Lipinski definition) is 3. The highest BCUT2D eigenvalue weighted by Gasteiger charge is 2.27. The van der Waals surface area contributed by atoms with E-state index in [2.05, 4.69) is 5.32 Å². The van der Waals surface area contributed by atoms with Crippen molar-refractivity contribution in [1.29, 1.82) is 0 Å². The minimum atomic E-state index is -0.442. The molecule has 1 aliphatic heterocycles. The van der Waals surface area contributed by atoms with Crippen LogP contribution < -0.4 is 5.32 Å². The number of halogens is 1. The fourth-order valence-electron chi connectivity index (χ4n) is 2.80. The van der Waals surface area contributed by atoms with Crippen LogP contribution in [0, 0.1) is 11.7 Å². The van der Waals surface area contributed by atoms with Crippen LogP contribution in [0.4, 0.5) is 10.1 Å². The summed E-state index contributed by atoms with van der Waals surface area (Å²) in [6.45, 7) is 8.42. The predicted octanol–water partition coefficient (Wildman–Crippen LogP) is 2.34. The lowest BCUT2D eigenvalue weighted by Crippen LogP contribution is -2.54. The average molecular weight is 335 g/mol. The molecule has 1 saturated heterocycles. The quantitative estimate of drug-likeness (QED) is 0.899. The van der Waals surface area contributed by atoms with Crippen LogP contribution >= 0.6 is 0 Å². The predicted molar refractivity (Wildman–Crippen MR) is 92.1 cm³/mol. The molecule has 0 bridgehead atoms. The van der Waals surface area contributed by atoms with Gasteiger partial charge in [0.2, 0.25) is 11.8 Å². The minimum Gasteiger partial charge on any atom is -0.340 e. The number of nitrogens with zero attached hydrogens (tertiary/aromatic N) is 2. The Morgan fingerprint density at radius 2 is 1.75 bits per heavy atom. The Labute approximate surface area is 142 Å². The van der Waals surface area contributed by atoms with Gasteiger partial charge in [-0.2, -0.15) is 0 Å². The third-order valence-corrected chi connectivity index (χ3v) is 4.31. The van der Waals surface area contributed by atoms with Gasteiger partial charge in [-0.1, -0.05) is 26.0 Å². The summed E-state index contributed by atoms with van der Waals surface area (Å²) < 4.78 is 13.6. The van der Waals surface area contributed by atoms with Crippen molar-refractivity contribution >= 4 is 17.5 Å². The topological polar surface area (TPSA) is 52.7 Å². The SMILES string of the molecule is CC(C)CC(=O)N1CCN(C(C)C(=O)Nc2ccccc2F)CC1. The van der Waals surface area contributed by atoms with E-state index in [4.69, 9.17) is 0 Å². The molecule has 2 amide bonds. The molecule has 1 atom stereocenters. The van der Waals surface area contributed by atoms with Gasteiger partial charge in [-0.15, -0.1) is 0 Å². The Kier molecular flexibility index (Phi) is 6.31. The Bertz CT molecular complexity index is 583. The van der Waals surface area contributed by atoms with Gasteiger partial charge in [-0.05, 0) is 25.0 Å². The molecule has 1 unspecified atom stereocenters. The van der Waals surface area contributed by atoms with Gasteiger partial charge >= 0.3 is 0 Å². The number of para-hydroxylation sites is 1. The zero-order valence-electron chi connectivity index (χ0n) is 14.6. The van der Waals surface area contributed by atoms with E-state index < -0.39 is 5.82 Å². The average Bonchev–Trinajstić information content (AvgIpc) is 2.55. The molecule has 0 spiro atoms. The molecule has 0 saturated carbocycles. The number of carbonyl (C=O) groups is 2. The number of rotatable bonds is 5. The monoisotopic (exact) mass is 335 g/mol. The summed E-state index contributed by atoms with van der Waals surface area (Å²) in [6.07, 6.45) is 0.559. The van der Waals surface area contributed by atoms with E-state index >= 15 is 0 Å². The molecule has 1 aromatic rings. The highest BCUT2D eigenvalue weighted by Crippen LogP contribution is 2.15. The maximum Gasteiger partial charge on any atom is 0.241 e. The third kappa shape index (κ3) is 4.77. The Hall–Kier alpha value is -1.95. The van der Waals surface area contributed by atoms with Crippen LogP contribution in [0.25, 0.3) is 0 Å². The second-order valence-electron chi connectivity index (χ2n) is 6.66. The Morgan fingerprint density at radius 1 is 1.12 bits per heavy atom. The third-order valence-electron chi connectivity index (χ3n) is 4.31. The largest absolute Gasteiger partial charge is 0.340 e. The van der Waals surface area contributed by atoms with Crippen molar-refractivity contribution in [2.75, 3.05) is 31.5 Å². The fraction of sp³-hybridized carbons (Fsp3) is 0.556. The van der Waals surface area contributed by atoms with Crippen LogP contribution in [0.2, 0.25) is 0 Å². The lowest BCUT2D eigenvalue weighted by Gasteiger charge is -2.37. The number of carbonyl (C=O) groups excluding carboxylic acids is 2. The Morgan fingerprint density at radius 3 is 2.33 bits per heavy atom. The van der Waals surface area contributed by atoms with E-state index in [0.717, 1.165) is 0 Å². The molecule has 0 radical (unpaired) electrons. The second-order valence-corrected chi connectivity index (χ2v) is 6.66. The standard InChI is InChI=1S/C18H26FN3O2/c1-13(2)12-17(23)22-10-8-21(9-11-22)14(3)18(24)20-16-7-5-4-6-15(16)19/h4-7,13-14H,8-12H2,1-3H3,(H,20,24). The maximum atomic E-state index is 13.6. The van der Waals surface area contributed by atoms with Crippen LogP contribution in [-0.4, -0.2) is 53.8 Å². The summed E-state index contributed by atoms with van der Waals surface area (Å²) in [5, 5.41) is 2.63. The molecule has 1 aromatic carbocycles. The van der Waals surface area contributed by atoms with Crippen molar-refractivity contribution in [3.05, 3.63) is 30.1 Å². The smallest absolute Gasteiger partial charge is 0.241 e. The summed E-state index contributed by atoms with van der Waals surface area (Å²) in [5.41, 5.74) is 0.195. The molecule has 0 aromatic heterocycles.